The van der Waals surface area contributed by atoms with E-state index in [1.807, 2.05) is 48.5 Å². The second kappa shape index (κ2) is 7.48. The van der Waals surface area contributed by atoms with Gasteiger partial charge in [0, 0.05) is 24.1 Å². The summed E-state index contributed by atoms with van der Waals surface area (Å²) in [7, 11) is 3.53. The molecule has 1 aliphatic heterocycles. The molecule has 0 saturated heterocycles. The van der Waals surface area contributed by atoms with Crippen molar-refractivity contribution in [2.45, 2.75) is 4.90 Å². The molecular formula is C21H16F3N2S2+. The zero-order valence-corrected chi connectivity index (χ0v) is 16.8. The van der Waals surface area contributed by atoms with Crippen LogP contribution in [-0.2, 0) is 7.05 Å². The maximum atomic E-state index is 14.4. The Hall–Kier alpha value is -2.51. The first-order chi connectivity index (χ1) is 13.5. The molecule has 0 N–H and O–H groups in total. The summed E-state index contributed by atoms with van der Waals surface area (Å²) in [5.74, 6) is -3.98. The molecule has 0 radical (unpaired) electrons. The number of thiazole rings is 1. The van der Waals surface area contributed by atoms with Gasteiger partial charge < -0.3 is 4.90 Å². The van der Waals surface area contributed by atoms with Crippen LogP contribution in [0.5, 0.6) is 0 Å². The Balaban J connectivity index is 1.65. The van der Waals surface area contributed by atoms with Gasteiger partial charge in [0.1, 0.15) is 11.7 Å². The standard InChI is InChI=1S/C21H16F3N2S2/c1-25-15-7-3-5-9-17(15)27-19(25)11-13(22)21(24)14(23)12-20-26(2)16-8-4-6-10-18(16)28-20/h3-12H,1-2H3/q+1. The van der Waals surface area contributed by atoms with Crippen molar-refractivity contribution in [3.63, 3.8) is 0 Å². The first-order valence-electron chi connectivity index (χ1n) is 8.48. The van der Waals surface area contributed by atoms with Crippen molar-refractivity contribution < 1.29 is 17.7 Å². The van der Waals surface area contributed by atoms with Gasteiger partial charge in [0.25, 0.3) is 5.01 Å². The molecule has 2 heterocycles. The third kappa shape index (κ3) is 3.36. The Bertz CT molecular complexity index is 1160. The van der Waals surface area contributed by atoms with Gasteiger partial charge in [-0.1, -0.05) is 47.4 Å². The number of anilines is 1. The van der Waals surface area contributed by atoms with Crippen LogP contribution in [0, 0.1) is 0 Å². The van der Waals surface area contributed by atoms with E-state index in [1.165, 1.54) is 23.1 Å². The van der Waals surface area contributed by atoms with Crippen molar-refractivity contribution in [2.75, 3.05) is 11.9 Å². The summed E-state index contributed by atoms with van der Waals surface area (Å²) in [6, 6.07) is 15.1. The number of fused-ring (bicyclic) bond motifs is 2. The second-order valence-electron chi connectivity index (χ2n) is 6.23. The van der Waals surface area contributed by atoms with Crippen molar-refractivity contribution in [1.82, 2.24) is 0 Å². The summed E-state index contributed by atoms with van der Waals surface area (Å²) in [6.45, 7) is 0. The van der Waals surface area contributed by atoms with Gasteiger partial charge in [0.2, 0.25) is 5.52 Å². The molecule has 0 atom stereocenters. The number of allylic oxidation sites excluding steroid dienone is 4. The molecule has 4 rings (SSSR count). The number of para-hydroxylation sites is 2. The number of benzene rings is 2. The fourth-order valence-corrected chi connectivity index (χ4v) is 5.11. The molecule has 7 heteroatoms. The van der Waals surface area contributed by atoms with Crippen LogP contribution < -0.4 is 9.47 Å². The first kappa shape index (κ1) is 18.8. The highest BCUT2D eigenvalue weighted by atomic mass is 32.2. The summed E-state index contributed by atoms with van der Waals surface area (Å²) < 4.78 is 45.9. The molecule has 3 aromatic rings. The summed E-state index contributed by atoms with van der Waals surface area (Å²) in [6.07, 6.45) is 2.05. The summed E-state index contributed by atoms with van der Waals surface area (Å²) >= 11 is 2.63. The quantitative estimate of drug-likeness (QED) is 0.366. The maximum absolute atomic E-state index is 14.4. The van der Waals surface area contributed by atoms with E-state index in [4.69, 9.17) is 0 Å². The van der Waals surface area contributed by atoms with Crippen LogP contribution in [0.1, 0.15) is 5.01 Å². The highest BCUT2D eigenvalue weighted by Crippen LogP contribution is 2.45. The molecule has 2 nitrogen and oxygen atoms in total. The predicted octanol–water partition coefficient (Wildman–Crippen LogP) is 6.27. The first-order valence-corrected chi connectivity index (χ1v) is 10.1. The number of hydrogen-bond acceptors (Lipinski definition) is 3. The normalized spacial score (nSPS) is 16.7. The molecule has 2 aromatic carbocycles. The molecule has 0 unspecified atom stereocenters. The zero-order chi connectivity index (χ0) is 19.8. The lowest BCUT2D eigenvalue weighted by Gasteiger charge is -2.12. The molecule has 28 heavy (non-hydrogen) atoms. The molecule has 0 saturated carbocycles. The van der Waals surface area contributed by atoms with Gasteiger partial charge in [-0.2, -0.15) is 4.57 Å². The second-order valence-corrected chi connectivity index (χ2v) is 8.36. The number of rotatable bonds is 3. The van der Waals surface area contributed by atoms with Gasteiger partial charge in [-0.05, 0) is 18.2 Å². The van der Waals surface area contributed by atoms with Crippen molar-refractivity contribution >= 4 is 45.1 Å². The van der Waals surface area contributed by atoms with Crippen LogP contribution in [0.2, 0.25) is 0 Å². The topological polar surface area (TPSA) is 7.12 Å². The van der Waals surface area contributed by atoms with Crippen molar-refractivity contribution in [3.05, 3.63) is 82.1 Å². The van der Waals surface area contributed by atoms with E-state index in [-0.39, 0.29) is 0 Å². The Kier molecular flexibility index (Phi) is 5.03. The van der Waals surface area contributed by atoms with Gasteiger partial charge >= 0.3 is 0 Å². The molecule has 1 aliphatic rings. The minimum Gasteiger partial charge on any atom is -0.338 e. The van der Waals surface area contributed by atoms with Crippen LogP contribution in [0.15, 0.2) is 82.0 Å². The Morgan fingerprint density at radius 2 is 1.75 bits per heavy atom. The Morgan fingerprint density at radius 1 is 1.04 bits per heavy atom. The third-order valence-electron chi connectivity index (χ3n) is 4.46. The fraction of sp³-hybridized carbons (Fsp3) is 0.0952. The average molecular weight is 418 g/mol. The minimum atomic E-state index is -1.50. The van der Waals surface area contributed by atoms with Crippen molar-refractivity contribution in [1.29, 1.82) is 0 Å². The lowest BCUT2D eigenvalue weighted by molar-refractivity contribution is -0.642. The Morgan fingerprint density at radius 3 is 2.50 bits per heavy atom. The fourth-order valence-electron chi connectivity index (χ4n) is 2.95. The maximum Gasteiger partial charge on any atom is 0.265 e. The van der Waals surface area contributed by atoms with Crippen molar-refractivity contribution in [2.24, 2.45) is 7.05 Å². The van der Waals surface area contributed by atoms with Crippen LogP contribution in [-0.4, -0.2) is 7.05 Å². The molecule has 0 spiro atoms. The molecule has 0 bridgehead atoms. The van der Waals surface area contributed by atoms with E-state index in [9.17, 15) is 13.2 Å². The van der Waals surface area contributed by atoms with Gasteiger partial charge in [0.15, 0.2) is 17.5 Å². The lowest BCUT2D eigenvalue weighted by atomic mass is 10.3. The largest absolute Gasteiger partial charge is 0.338 e. The third-order valence-corrected chi connectivity index (χ3v) is 6.80. The SMILES string of the molecule is CN1\C(=C/C(F)=C(F)/C(F)=C\c2sc3ccccc3[n+]2C)Sc2ccccc21. The van der Waals surface area contributed by atoms with Gasteiger partial charge in [-0.25, -0.2) is 13.2 Å². The highest BCUT2D eigenvalue weighted by molar-refractivity contribution is 8.03. The summed E-state index contributed by atoms with van der Waals surface area (Å²) in [5.41, 5.74) is 1.81. The van der Waals surface area contributed by atoms with Crippen LogP contribution in [0.3, 0.4) is 0 Å². The molecule has 1 aromatic heterocycles. The number of thioether (sulfide) groups is 1. The molecule has 0 amide bonds. The van der Waals surface area contributed by atoms with Crippen LogP contribution in [0.25, 0.3) is 16.3 Å². The number of hydrogen-bond donors (Lipinski definition) is 0. The smallest absolute Gasteiger partial charge is 0.265 e. The van der Waals surface area contributed by atoms with E-state index in [0.29, 0.717) is 10.0 Å². The van der Waals surface area contributed by atoms with E-state index >= 15 is 0 Å². The summed E-state index contributed by atoms with van der Waals surface area (Å²) in [5, 5.41) is 0.989. The molecule has 0 aliphatic carbocycles. The monoisotopic (exact) mass is 417 g/mol. The molecular weight excluding hydrogens is 401 g/mol. The number of aryl methyl sites for hydroxylation is 1. The van der Waals surface area contributed by atoms with Gasteiger partial charge in [-0.3, -0.25) is 0 Å². The number of halogens is 3. The Labute approximate surface area is 168 Å². The predicted molar refractivity (Wildman–Crippen MR) is 110 cm³/mol. The highest BCUT2D eigenvalue weighted by Gasteiger charge is 2.23. The minimum absolute atomic E-state index is 0.495. The molecule has 142 valence electrons. The zero-order valence-electron chi connectivity index (χ0n) is 15.1. The van der Waals surface area contributed by atoms with E-state index in [2.05, 4.69) is 0 Å². The van der Waals surface area contributed by atoms with Crippen molar-refractivity contribution in [3.8, 4) is 0 Å². The van der Waals surface area contributed by atoms with E-state index in [1.54, 1.807) is 23.6 Å². The summed E-state index contributed by atoms with van der Waals surface area (Å²) in [4.78, 5) is 2.69. The van der Waals surface area contributed by atoms with Crippen LogP contribution in [0.4, 0.5) is 18.9 Å². The lowest BCUT2D eigenvalue weighted by Crippen LogP contribution is -2.28. The van der Waals surface area contributed by atoms with Crippen LogP contribution >= 0.6 is 23.1 Å². The number of nitrogens with zero attached hydrogens (tertiary/aromatic N) is 2. The van der Waals surface area contributed by atoms with E-state index in [0.717, 1.165) is 33.0 Å². The average Bonchev–Trinajstić information content (AvgIpc) is 3.18. The number of aromatic nitrogens is 1. The van der Waals surface area contributed by atoms with Gasteiger partial charge in [-0.15, -0.1) is 0 Å². The van der Waals surface area contributed by atoms with Gasteiger partial charge in [0.05, 0.1) is 16.8 Å². The molecule has 0 fully saturated rings. The van der Waals surface area contributed by atoms with E-state index < -0.39 is 17.5 Å².